The van der Waals surface area contributed by atoms with E-state index in [0.29, 0.717) is 12.5 Å². The minimum Gasteiger partial charge on any atom is -0.516 e. The van der Waals surface area contributed by atoms with E-state index < -0.39 is 8.80 Å². The summed E-state index contributed by atoms with van der Waals surface area (Å²) in [7, 11) is 3.45. The molecular formula is C9H24O5Si2. The molecule has 5 nitrogen and oxygen atoms in total. The second-order valence-corrected chi connectivity index (χ2v) is 6.82. The predicted molar refractivity (Wildman–Crippen MR) is 69.8 cm³/mol. The third-order valence-electron chi connectivity index (χ3n) is 1.92. The highest BCUT2D eigenvalue weighted by atomic mass is 28.4. The summed E-state index contributed by atoms with van der Waals surface area (Å²) < 4.78 is 15.4. The molecule has 0 amide bonds. The average molecular weight is 268 g/mol. The fourth-order valence-electron chi connectivity index (χ4n) is 0.957. The number of allylic oxidation sites excluding steroid dienone is 1. The summed E-state index contributed by atoms with van der Waals surface area (Å²) in [6, 6.07) is 1.71. The van der Waals surface area contributed by atoms with E-state index in [-0.39, 0.29) is 6.61 Å². The van der Waals surface area contributed by atoms with E-state index >= 15 is 0 Å². The van der Waals surface area contributed by atoms with E-state index in [0.717, 1.165) is 22.5 Å². The van der Waals surface area contributed by atoms with Gasteiger partial charge < -0.3 is 23.5 Å². The predicted octanol–water partition coefficient (Wildman–Crippen LogP) is 0.0887. The molecule has 0 aliphatic rings. The highest BCUT2D eigenvalue weighted by molar-refractivity contribution is 6.60. The number of aliphatic hydroxyl groups excluding tert-OH is 2. The van der Waals surface area contributed by atoms with Crippen LogP contribution in [-0.4, -0.2) is 57.2 Å². The highest BCUT2D eigenvalue weighted by Crippen LogP contribution is 2.13. The molecule has 0 saturated heterocycles. The number of rotatable bonds is 7. The summed E-state index contributed by atoms with van der Waals surface area (Å²) in [5, 5.41) is 16.5. The molecule has 7 heteroatoms. The Morgan fingerprint density at radius 1 is 1.19 bits per heavy atom. The Hall–Kier alpha value is -0.186. The van der Waals surface area contributed by atoms with Crippen molar-refractivity contribution in [1.29, 1.82) is 0 Å². The number of aliphatic hydroxyl groups is 2. The summed E-state index contributed by atoms with van der Waals surface area (Å²) in [6.45, 7) is 0.144. The van der Waals surface area contributed by atoms with Gasteiger partial charge in [-0.25, -0.2) is 0 Å². The standard InChI is InChI=1S/C6H16O4Si.C3H8OSi/c1-8-11(9-2,10-3)6-4-5-7;4-2-1-3-5/h7H,4-6H2,1-3H3;1-2,4H,3H2,5H3. The van der Waals surface area contributed by atoms with Crippen LogP contribution >= 0.6 is 0 Å². The lowest BCUT2D eigenvalue weighted by Crippen LogP contribution is -2.42. The zero-order valence-corrected chi connectivity index (χ0v) is 13.6. The van der Waals surface area contributed by atoms with Crippen LogP contribution in [0.25, 0.3) is 0 Å². The van der Waals surface area contributed by atoms with Gasteiger partial charge in [0.25, 0.3) is 0 Å². The van der Waals surface area contributed by atoms with Crippen LogP contribution in [0.4, 0.5) is 0 Å². The van der Waals surface area contributed by atoms with Gasteiger partial charge in [0.15, 0.2) is 0 Å². The Kier molecular flexibility index (Phi) is 14.6. The van der Waals surface area contributed by atoms with Gasteiger partial charge in [-0.05, 0) is 12.5 Å². The van der Waals surface area contributed by atoms with Crippen LogP contribution in [0.3, 0.4) is 0 Å². The molecule has 0 bridgehead atoms. The van der Waals surface area contributed by atoms with E-state index in [1.165, 1.54) is 0 Å². The van der Waals surface area contributed by atoms with Crippen LogP contribution in [0.2, 0.25) is 12.1 Å². The minimum atomic E-state index is -2.40. The van der Waals surface area contributed by atoms with Gasteiger partial charge in [0.2, 0.25) is 0 Å². The summed E-state index contributed by atoms with van der Waals surface area (Å²) in [4.78, 5) is 0. The molecule has 16 heavy (non-hydrogen) atoms. The molecule has 0 aliphatic carbocycles. The largest absolute Gasteiger partial charge is 0.516 e. The molecule has 98 valence electrons. The third kappa shape index (κ3) is 9.07. The maximum absolute atomic E-state index is 8.57. The molecule has 0 atom stereocenters. The molecule has 0 fully saturated rings. The fraction of sp³-hybridized carbons (Fsp3) is 0.778. The minimum absolute atomic E-state index is 0.144. The first-order chi connectivity index (χ1) is 7.66. The van der Waals surface area contributed by atoms with Gasteiger partial charge in [-0.3, -0.25) is 0 Å². The molecule has 0 saturated carbocycles. The van der Waals surface area contributed by atoms with Crippen molar-refractivity contribution < 1.29 is 23.5 Å². The summed E-state index contributed by atoms with van der Waals surface area (Å²) in [6.07, 6.45) is 3.49. The topological polar surface area (TPSA) is 68.2 Å². The van der Waals surface area contributed by atoms with Crippen LogP contribution in [0, 0.1) is 0 Å². The number of hydrogen-bond donors (Lipinski definition) is 2. The average Bonchev–Trinajstić information content (AvgIpc) is 2.34. The molecule has 0 aromatic carbocycles. The monoisotopic (exact) mass is 268 g/mol. The molecule has 0 aromatic heterocycles. The van der Waals surface area contributed by atoms with Crippen LogP contribution in [0.1, 0.15) is 6.42 Å². The van der Waals surface area contributed by atoms with Crippen molar-refractivity contribution in [3.63, 3.8) is 0 Å². The van der Waals surface area contributed by atoms with Gasteiger partial charge in [0.05, 0.1) is 6.26 Å². The van der Waals surface area contributed by atoms with Crippen LogP contribution < -0.4 is 0 Å². The Morgan fingerprint density at radius 2 is 1.69 bits per heavy atom. The second kappa shape index (κ2) is 12.9. The van der Waals surface area contributed by atoms with Crippen molar-refractivity contribution in [1.82, 2.24) is 0 Å². The van der Waals surface area contributed by atoms with Gasteiger partial charge in [-0.1, -0.05) is 6.08 Å². The zero-order chi connectivity index (χ0) is 12.9. The molecule has 0 radical (unpaired) electrons. The fourth-order valence-corrected chi connectivity index (χ4v) is 2.87. The Labute approximate surface area is 102 Å². The summed E-state index contributed by atoms with van der Waals surface area (Å²) >= 11 is 0. The Bertz CT molecular complexity index is 154. The van der Waals surface area contributed by atoms with Crippen LogP contribution in [0.5, 0.6) is 0 Å². The van der Waals surface area contributed by atoms with Crippen LogP contribution in [0.15, 0.2) is 12.3 Å². The van der Waals surface area contributed by atoms with E-state index in [2.05, 4.69) is 0 Å². The van der Waals surface area contributed by atoms with Crippen molar-refractivity contribution in [2.75, 3.05) is 27.9 Å². The molecule has 0 aromatic rings. The first kappa shape index (κ1) is 18.2. The first-order valence-electron chi connectivity index (χ1n) is 5.21. The SMILES string of the molecule is CO[Si](CCCO)(OC)OC.OC=CC[SiH3]. The van der Waals surface area contributed by atoms with Gasteiger partial charge in [-0.2, -0.15) is 0 Å². The summed E-state index contributed by atoms with van der Waals surface area (Å²) in [5.41, 5.74) is 0. The molecule has 0 spiro atoms. The smallest absolute Gasteiger partial charge is 0.500 e. The van der Waals surface area contributed by atoms with Gasteiger partial charge >= 0.3 is 8.80 Å². The number of hydrogen-bond acceptors (Lipinski definition) is 5. The summed E-state index contributed by atoms with van der Waals surface area (Å²) in [5.74, 6) is 0. The van der Waals surface area contributed by atoms with Gasteiger partial charge in [-0.15, -0.1) is 0 Å². The molecule has 2 N–H and O–H groups in total. The second-order valence-electron chi connectivity index (χ2n) is 2.92. The Morgan fingerprint density at radius 3 is 1.88 bits per heavy atom. The molecule has 0 unspecified atom stereocenters. The molecular weight excluding hydrogens is 244 g/mol. The third-order valence-corrected chi connectivity index (χ3v) is 5.22. The molecule has 0 rings (SSSR count). The van der Waals surface area contributed by atoms with Crippen molar-refractivity contribution >= 4 is 19.0 Å². The van der Waals surface area contributed by atoms with E-state index in [1.807, 2.05) is 0 Å². The first-order valence-corrected chi connectivity index (χ1v) is 8.56. The van der Waals surface area contributed by atoms with Crippen molar-refractivity contribution in [3.05, 3.63) is 12.3 Å². The van der Waals surface area contributed by atoms with Crippen molar-refractivity contribution in [3.8, 4) is 0 Å². The van der Waals surface area contributed by atoms with Crippen molar-refractivity contribution in [2.45, 2.75) is 18.5 Å². The normalized spacial score (nSPS) is 11.5. The molecule has 0 heterocycles. The van der Waals surface area contributed by atoms with Gasteiger partial charge in [0, 0.05) is 44.2 Å². The van der Waals surface area contributed by atoms with E-state index in [1.54, 1.807) is 27.4 Å². The van der Waals surface area contributed by atoms with E-state index in [4.69, 9.17) is 23.5 Å². The highest BCUT2D eigenvalue weighted by Gasteiger charge is 2.36. The van der Waals surface area contributed by atoms with E-state index in [9.17, 15) is 0 Å². The zero-order valence-electron chi connectivity index (χ0n) is 10.6. The lowest BCUT2D eigenvalue weighted by molar-refractivity contribution is 0.120. The quantitative estimate of drug-likeness (QED) is 0.506. The molecule has 0 aliphatic heterocycles. The lowest BCUT2D eigenvalue weighted by atomic mass is 10.5. The Balaban J connectivity index is 0. The van der Waals surface area contributed by atoms with Gasteiger partial charge in [0.1, 0.15) is 0 Å². The lowest BCUT2D eigenvalue weighted by Gasteiger charge is -2.23. The maximum Gasteiger partial charge on any atom is 0.500 e. The maximum atomic E-state index is 8.57. The van der Waals surface area contributed by atoms with Crippen molar-refractivity contribution in [2.24, 2.45) is 0 Å². The van der Waals surface area contributed by atoms with Crippen LogP contribution in [-0.2, 0) is 13.3 Å².